The molecule has 1 aromatic rings. The molecule has 0 N–H and O–H groups in total. The molecule has 2 unspecified atom stereocenters. The lowest BCUT2D eigenvalue weighted by atomic mass is 10.2. The molecule has 1 aromatic heterocycles. The van der Waals surface area contributed by atoms with Crippen LogP contribution in [0.4, 0.5) is 4.39 Å². The highest BCUT2D eigenvalue weighted by molar-refractivity contribution is 8.13. The van der Waals surface area contributed by atoms with Gasteiger partial charge in [-0.1, -0.05) is 0 Å². The molecular weight excluding hydrogens is 243 g/mol. The van der Waals surface area contributed by atoms with Gasteiger partial charge in [-0.25, -0.2) is 17.5 Å². The third-order valence-electron chi connectivity index (χ3n) is 2.57. The summed E-state index contributed by atoms with van der Waals surface area (Å²) in [5, 5.41) is 3.83. The van der Waals surface area contributed by atoms with Crippen LogP contribution in [0.5, 0.6) is 0 Å². The smallest absolute Gasteiger partial charge is 0.250 e. The van der Waals surface area contributed by atoms with E-state index >= 15 is 0 Å². The van der Waals surface area contributed by atoms with Crippen molar-refractivity contribution in [1.82, 2.24) is 9.78 Å². The first-order valence-corrected chi connectivity index (χ1v) is 6.91. The summed E-state index contributed by atoms with van der Waals surface area (Å²) < 4.78 is 36.6. The maximum Gasteiger partial charge on any atom is 0.278 e. The lowest BCUT2D eigenvalue weighted by Crippen LogP contribution is -2.12. The molecule has 7 heteroatoms. The molecule has 4 nitrogen and oxygen atoms in total. The molecule has 1 heterocycles. The number of alkyl halides is 1. The maximum atomic E-state index is 13.0. The molecule has 0 bridgehead atoms. The van der Waals surface area contributed by atoms with Gasteiger partial charge in [0, 0.05) is 17.1 Å². The van der Waals surface area contributed by atoms with E-state index in [2.05, 4.69) is 5.10 Å². The minimum absolute atomic E-state index is 0.0525. The van der Waals surface area contributed by atoms with E-state index in [-0.39, 0.29) is 11.1 Å². The van der Waals surface area contributed by atoms with E-state index in [4.69, 9.17) is 10.7 Å². The SMILES string of the molecule is O=S(=O)(Cl)c1ccnn1C1CCC(F)C1. The van der Waals surface area contributed by atoms with E-state index in [0.29, 0.717) is 19.3 Å². The van der Waals surface area contributed by atoms with E-state index in [1.807, 2.05) is 0 Å². The Bertz CT molecular complexity index is 459. The molecule has 0 aliphatic heterocycles. The van der Waals surface area contributed by atoms with Crippen molar-refractivity contribution in [3.8, 4) is 0 Å². The van der Waals surface area contributed by atoms with E-state index < -0.39 is 15.2 Å². The van der Waals surface area contributed by atoms with Crippen LogP contribution in [0.2, 0.25) is 0 Å². The Balaban J connectivity index is 2.34. The summed E-state index contributed by atoms with van der Waals surface area (Å²) in [6, 6.07) is 1.13. The molecule has 15 heavy (non-hydrogen) atoms. The summed E-state index contributed by atoms with van der Waals surface area (Å²) in [5.74, 6) is 0. The van der Waals surface area contributed by atoms with Crippen LogP contribution in [0.15, 0.2) is 17.3 Å². The topological polar surface area (TPSA) is 52.0 Å². The van der Waals surface area contributed by atoms with Crippen molar-refractivity contribution in [3.05, 3.63) is 12.3 Å². The van der Waals surface area contributed by atoms with Crippen LogP contribution in [0.25, 0.3) is 0 Å². The van der Waals surface area contributed by atoms with Gasteiger partial charge in [-0.05, 0) is 18.9 Å². The Morgan fingerprint density at radius 1 is 1.53 bits per heavy atom. The van der Waals surface area contributed by atoms with Gasteiger partial charge in [0.2, 0.25) is 0 Å². The molecule has 2 rings (SSSR count). The van der Waals surface area contributed by atoms with E-state index in [9.17, 15) is 12.8 Å². The van der Waals surface area contributed by atoms with Gasteiger partial charge in [0.25, 0.3) is 9.05 Å². The summed E-state index contributed by atoms with van der Waals surface area (Å²) in [6.07, 6.45) is 1.85. The number of rotatable bonds is 2. The van der Waals surface area contributed by atoms with Gasteiger partial charge in [0.15, 0.2) is 5.03 Å². The fraction of sp³-hybridized carbons (Fsp3) is 0.625. The van der Waals surface area contributed by atoms with Crippen LogP contribution >= 0.6 is 10.7 Å². The molecule has 0 aromatic carbocycles. The first kappa shape index (κ1) is 10.9. The average molecular weight is 253 g/mol. The van der Waals surface area contributed by atoms with Crippen molar-refractivity contribution in [2.75, 3.05) is 0 Å². The van der Waals surface area contributed by atoms with Gasteiger partial charge in [-0.2, -0.15) is 5.10 Å². The quantitative estimate of drug-likeness (QED) is 0.755. The first-order chi connectivity index (χ1) is 6.98. The predicted octanol–water partition coefficient (Wildman–Crippen LogP) is 1.87. The van der Waals surface area contributed by atoms with Crippen LogP contribution in [0, 0.1) is 0 Å². The van der Waals surface area contributed by atoms with Gasteiger partial charge in [0.05, 0.1) is 12.2 Å². The number of hydrogen-bond acceptors (Lipinski definition) is 3. The van der Waals surface area contributed by atoms with Crippen LogP contribution in [-0.4, -0.2) is 24.4 Å². The Morgan fingerprint density at radius 2 is 2.27 bits per heavy atom. The maximum absolute atomic E-state index is 13.0. The number of nitrogens with zero attached hydrogens (tertiary/aromatic N) is 2. The number of aromatic nitrogens is 2. The van der Waals surface area contributed by atoms with Crippen molar-refractivity contribution in [2.24, 2.45) is 0 Å². The number of hydrogen-bond donors (Lipinski definition) is 0. The van der Waals surface area contributed by atoms with E-state index in [0.717, 1.165) is 0 Å². The molecule has 0 radical (unpaired) electrons. The highest BCUT2D eigenvalue weighted by Crippen LogP contribution is 2.33. The lowest BCUT2D eigenvalue weighted by molar-refractivity contribution is 0.321. The molecule has 0 amide bonds. The second-order valence-corrected chi connectivity index (χ2v) is 6.13. The molecular formula is C8H10ClFN2O2S. The largest absolute Gasteiger partial charge is 0.278 e. The Hall–Kier alpha value is -0.620. The zero-order valence-corrected chi connectivity index (χ0v) is 9.38. The van der Waals surface area contributed by atoms with Gasteiger partial charge < -0.3 is 0 Å². The zero-order valence-electron chi connectivity index (χ0n) is 7.81. The Labute approximate surface area is 91.5 Å². The highest BCUT2D eigenvalue weighted by Gasteiger charge is 2.29. The van der Waals surface area contributed by atoms with E-state index in [1.54, 1.807) is 0 Å². The standard InChI is InChI=1S/C8H10ClFN2O2S/c9-15(13,14)8-3-4-11-12(8)7-2-1-6(10)5-7/h3-4,6-7H,1-2,5H2. The minimum Gasteiger partial charge on any atom is -0.250 e. The van der Waals surface area contributed by atoms with Gasteiger partial charge in [0.1, 0.15) is 6.17 Å². The fourth-order valence-corrected chi connectivity index (χ4v) is 2.91. The fourth-order valence-electron chi connectivity index (χ4n) is 1.90. The van der Waals surface area contributed by atoms with Crippen molar-refractivity contribution in [3.63, 3.8) is 0 Å². The second kappa shape index (κ2) is 3.75. The highest BCUT2D eigenvalue weighted by atomic mass is 35.7. The van der Waals surface area contributed by atoms with Gasteiger partial charge in [-0.15, -0.1) is 0 Å². The van der Waals surface area contributed by atoms with Crippen LogP contribution in [0.3, 0.4) is 0 Å². The molecule has 0 saturated heterocycles. The number of halogens is 2. The third kappa shape index (κ3) is 2.15. The van der Waals surface area contributed by atoms with Crippen molar-refractivity contribution < 1.29 is 12.8 Å². The Kier molecular flexibility index (Phi) is 2.72. The average Bonchev–Trinajstić information content (AvgIpc) is 2.68. The van der Waals surface area contributed by atoms with Crippen molar-refractivity contribution in [2.45, 2.75) is 36.5 Å². The summed E-state index contributed by atoms with van der Waals surface area (Å²) in [5.41, 5.74) is 0. The van der Waals surface area contributed by atoms with Crippen LogP contribution in [0.1, 0.15) is 25.3 Å². The van der Waals surface area contributed by atoms with E-state index in [1.165, 1.54) is 16.9 Å². The predicted molar refractivity (Wildman–Crippen MR) is 53.0 cm³/mol. The summed E-state index contributed by atoms with van der Waals surface area (Å²) in [4.78, 5) is 0. The molecule has 0 spiro atoms. The lowest BCUT2D eigenvalue weighted by Gasteiger charge is -2.11. The monoisotopic (exact) mass is 252 g/mol. The molecule has 1 saturated carbocycles. The van der Waals surface area contributed by atoms with Crippen molar-refractivity contribution >= 4 is 19.7 Å². The summed E-state index contributed by atoms with van der Waals surface area (Å²) >= 11 is 0. The Morgan fingerprint density at radius 3 is 2.80 bits per heavy atom. The van der Waals surface area contributed by atoms with Crippen LogP contribution in [-0.2, 0) is 9.05 Å². The molecule has 2 atom stereocenters. The van der Waals surface area contributed by atoms with Gasteiger partial charge >= 0.3 is 0 Å². The molecule has 1 fully saturated rings. The summed E-state index contributed by atoms with van der Waals surface area (Å²) in [7, 11) is 1.44. The molecule has 1 aliphatic carbocycles. The minimum atomic E-state index is -3.79. The summed E-state index contributed by atoms with van der Waals surface area (Å²) in [6.45, 7) is 0. The normalized spacial score (nSPS) is 27.1. The third-order valence-corrected chi connectivity index (χ3v) is 3.87. The zero-order chi connectivity index (χ0) is 11.1. The molecule has 1 aliphatic rings. The van der Waals surface area contributed by atoms with Crippen LogP contribution < -0.4 is 0 Å². The van der Waals surface area contributed by atoms with Gasteiger partial charge in [-0.3, -0.25) is 0 Å². The first-order valence-electron chi connectivity index (χ1n) is 4.60. The molecule has 84 valence electrons. The second-order valence-electron chi connectivity index (χ2n) is 3.62. The van der Waals surface area contributed by atoms with Crippen molar-refractivity contribution in [1.29, 1.82) is 0 Å².